The molecule has 0 bridgehead atoms. The molecule has 1 saturated carbocycles. The molecular weight excluding hydrogens is 272 g/mol. The number of benzene rings is 1. The Morgan fingerprint density at radius 1 is 1.23 bits per heavy atom. The molecule has 1 heterocycles. The molecule has 114 valence electrons. The summed E-state index contributed by atoms with van der Waals surface area (Å²) in [4.78, 5) is 5.02. The van der Waals surface area contributed by atoms with E-state index in [2.05, 4.69) is 5.32 Å². The maximum Gasteiger partial charge on any atom is 0.0717 e. The molecule has 0 atom stereocenters. The van der Waals surface area contributed by atoms with Crippen LogP contribution in [0, 0.1) is 5.41 Å². The van der Waals surface area contributed by atoms with E-state index in [9.17, 15) is 0 Å². The van der Waals surface area contributed by atoms with E-state index in [-0.39, 0.29) is 5.54 Å². The summed E-state index contributed by atoms with van der Waals surface area (Å²) in [7, 11) is 2.04. The van der Waals surface area contributed by atoms with Gasteiger partial charge in [-0.05, 0) is 68.8 Å². The molecule has 0 spiro atoms. The van der Waals surface area contributed by atoms with Crippen molar-refractivity contribution in [3.05, 3.63) is 34.5 Å². The number of fused-ring (bicyclic) bond motifs is 3. The zero-order valence-electron chi connectivity index (χ0n) is 13.0. The number of nitrogens with zero attached hydrogens (tertiary/aromatic N) is 1. The zero-order chi connectivity index (χ0) is 15.3. The molecule has 0 aliphatic heterocycles. The summed E-state index contributed by atoms with van der Waals surface area (Å²) in [6.45, 7) is 0. The normalized spacial score (nSPS) is 19.0. The van der Waals surface area contributed by atoms with Crippen LogP contribution in [0.15, 0.2) is 12.1 Å². The predicted molar refractivity (Wildman–Crippen MR) is 90.7 cm³/mol. The fourth-order valence-electron chi connectivity index (χ4n) is 3.95. The number of nitrogens with two attached hydrogens (primary N) is 1. The highest BCUT2D eigenvalue weighted by Gasteiger charge is 2.46. The van der Waals surface area contributed by atoms with Crippen LogP contribution in [0.1, 0.15) is 48.1 Å². The Morgan fingerprint density at radius 3 is 2.59 bits per heavy atom. The minimum atomic E-state index is 0.0852. The van der Waals surface area contributed by atoms with Crippen molar-refractivity contribution in [1.29, 1.82) is 5.41 Å². The number of pyridine rings is 1. The van der Waals surface area contributed by atoms with Gasteiger partial charge < -0.3 is 16.5 Å². The largest absolute Gasteiger partial charge is 0.398 e. The lowest BCUT2D eigenvalue weighted by Gasteiger charge is -2.26. The van der Waals surface area contributed by atoms with Gasteiger partial charge in [0, 0.05) is 22.9 Å². The first-order valence-electron chi connectivity index (χ1n) is 8.14. The summed E-state index contributed by atoms with van der Waals surface area (Å²) in [5.74, 6) is 0. The molecule has 0 saturated heterocycles. The van der Waals surface area contributed by atoms with Crippen molar-refractivity contribution in [3.8, 4) is 0 Å². The summed E-state index contributed by atoms with van der Waals surface area (Å²) in [5, 5.41) is 12.4. The van der Waals surface area contributed by atoms with Crippen molar-refractivity contribution in [1.82, 2.24) is 10.3 Å². The third-order valence-electron chi connectivity index (χ3n) is 5.37. The maximum atomic E-state index is 7.76. The Morgan fingerprint density at radius 2 is 1.95 bits per heavy atom. The van der Waals surface area contributed by atoms with E-state index in [0.717, 1.165) is 29.3 Å². The minimum Gasteiger partial charge on any atom is -0.398 e. The lowest BCUT2D eigenvalue weighted by Crippen LogP contribution is -2.28. The average Bonchev–Trinajstić information content (AvgIpc) is 3.35. The third kappa shape index (κ3) is 1.80. The number of hydrogen-bond donors (Lipinski definition) is 3. The predicted octanol–water partition coefficient (Wildman–Crippen LogP) is 2.90. The summed E-state index contributed by atoms with van der Waals surface area (Å²) in [6, 6.07) is 3.90. The molecule has 2 aromatic rings. The molecule has 2 aliphatic rings. The fourth-order valence-corrected chi connectivity index (χ4v) is 3.95. The molecule has 22 heavy (non-hydrogen) atoms. The number of nitrogens with one attached hydrogen (secondary N) is 2. The van der Waals surface area contributed by atoms with E-state index in [1.54, 1.807) is 0 Å². The number of rotatable bonds is 3. The van der Waals surface area contributed by atoms with E-state index in [1.165, 1.54) is 48.7 Å². The Labute approximate surface area is 130 Å². The van der Waals surface area contributed by atoms with Gasteiger partial charge in [-0.1, -0.05) is 0 Å². The summed E-state index contributed by atoms with van der Waals surface area (Å²) < 4.78 is 0. The van der Waals surface area contributed by atoms with E-state index in [1.807, 2.05) is 19.2 Å². The van der Waals surface area contributed by atoms with Crippen LogP contribution in [0.2, 0.25) is 0 Å². The average molecular weight is 294 g/mol. The van der Waals surface area contributed by atoms with Crippen molar-refractivity contribution in [2.24, 2.45) is 0 Å². The minimum absolute atomic E-state index is 0.0852. The van der Waals surface area contributed by atoms with E-state index >= 15 is 0 Å². The van der Waals surface area contributed by atoms with Gasteiger partial charge in [-0.3, -0.25) is 4.98 Å². The zero-order valence-corrected chi connectivity index (χ0v) is 13.0. The quantitative estimate of drug-likeness (QED) is 0.602. The first-order valence-corrected chi connectivity index (χ1v) is 8.14. The van der Waals surface area contributed by atoms with Crippen LogP contribution in [0.3, 0.4) is 0 Å². The smallest absolute Gasteiger partial charge is 0.0717 e. The van der Waals surface area contributed by atoms with Crippen LogP contribution < -0.4 is 11.1 Å². The van der Waals surface area contributed by atoms with Crippen LogP contribution >= 0.6 is 0 Å². The van der Waals surface area contributed by atoms with Gasteiger partial charge in [0.25, 0.3) is 0 Å². The highest BCUT2D eigenvalue weighted by Crippen LogP contribution is 2.48. The number of nitrogen functional groups attached to an aromatic ring is 1. The summed E-state index contributed by atoms with van der Waals surface area (Å²) in [6.07, 6.45) is 8.34. The van der Waals surface area contributed by atoms with Crippen LogP contribution in [0.4, 0.5) is 5.69 Å². The van der Waals surface area contributed by atoms with Crippen molar-refractivity contribution in [3.63, 3.8) is 0 Å². The Hall–Kier alpha value is -1.94. The van der Waals surface area contributed by atoms with Gasteiger partial charge >= 0.3 is 0 Å². The summed E-state index contributed by atoms with van der Waals surface area (Å²) >= 11 is 0. The second-order valence-corrected chi connectivity index (χ2v) is 6.56. The van der Waals surface area contributed by atoms with Crippen molar-refractivity contribution in [2.75, 3.05) is 12.8 Å². The molecule has 4 nitrogen and oxygen atoms in total. The number of anilines is 1. The highest BCUT2D eigenvalue weighted by atomic mass is 15.0. The summed E-state index contributed by atoms with van der Waals surface area (Å²) in [5.41, 5.74) is 12.7. The molecule has 2 aliphatic carbocycles. The second-order valence-electron chi connectivity index (χ2n) is 6.56. The number of hydrogen-bond acceptors (Lipinski definition) is 4. The molecule has 4 rings (SSSR count). The third-order valence-corrected chi connectivity index (χ3v) is 5.37. The molecule has 1 aromatic heterocycles. The molecule has 4 heteroatoms. The van der Waals surface area contributed by atoms with Crippen molar-refractivity contribution < 1.29 is 0 Å². The number of aromatic nitrogens is 1. The molecule has 0 unspecified atom stereocenters. The molecule has 1 aromatic carbocycles. The van der Waals surface area contributed by atoms with E-state index in [4.69, 9.17) is 16.1 Å². The maximum absolute atomic E-state index is 7.76. The molecule has 0 radical (unpaired) electrons. The van der Waals surface area contributed by atoms with Crippen LogP contribution in [0.5, 0.6) is 0 Å². The first-order chi connectivity index (χ1) is 10.7. The van der Waals surface area contributed by atoms with E-state index in [0.29, 0.717) is 5.69 Å². The lowest BCUT2D eigenvalue weighted by atomic mass is 9.84. The lowest BCUT2D eigenvalue weighted by molar-refractivity contribution is 0.552. The Bertz CT molecular complexity index is 774. The van der Waals surface area contributed by atoms with Crippen LogP contribution in [-0.4, -0.2) is 18.2 Å². The van der Waals surface area contributed by atoms with Gasteiger partial charge in [0.05, 0.1) is 16.7 Å². The monoisotopic (exact) mass is 294 g/mol. The number of aryl methyl sites for hydroxylation is 1. The van der Waals surface area contributed by atoms with Gasteiger partial charge in [0.2, 0.25) is 0 Å². The van der Waals surface area contributed by atoms with Gasteiger partial charge in [-0.15, -0.1) is 0 Å². The van der Waals surface area contributed by atoms with Crippen LogP contribution in [-0.2, 0) is 18.4 Å². The van der Waals surface area contributed by atoms with Crippen molar-refractivity contribution >= 4 is 22.8 Å². The second kappa shape index (κ2) is 4.78. The van der Waals surface area contributed by atoms with E-state index < -0.39 is 0 Å². The Balaban J connectivity index is 2.09. The van der Waals surface area contributed by atoms with Crippen molar-refractivity contribution in [2.45, 2.75) is 44.1 Å². The van der Waals surface area contributed by atoms with Gasteiger partial charge in [-0.2, -0.15) is 0 Å². The topological polar surface area (TPSA) is 74.8 Å². The molecule has 0 amide bonds. The van der Waals surface area contributed by atoms with Crippen LogP contribution in [0.25, 0.3) is 10.9 Å². The van der Waals surface area contributed by atoms with Gasteiger partial charge in [-0.25, -0.2) is 0 Å². The van der Waals surface area contributed by atoms with Gasteiger partial charge in [0.1, 0.15) is 0 Å². The first kappa shape index (κ1) is 13.7. The Kier molecular flexibility index (Phi) is 2.98. The molecule has 4 N–H and O–H groups in total. The molecule has 1 fully saturated rings. The standard InChI is InChI=1S/C18H22N4/c1-21-18(8-9-18)17-12-5-3-2-4-11(12)16-13(10-19)14(20)6-7-15(16)22-17/h6-7,10,19,21H,2-5,8-9,20H2,1H3. The SMILES string of the molecule is CNC1(c2nc3ccc(N)c(C=N)c3c3c2CCCC3)CC1. The highest BCUT2D eigenvalue weighted by molar-refractivity contribution is 6.04. The van der Waals surface area contributed by atoms with Gasteiger partial charge in [0.15, 0.2) is 0 Å². The molecular formula is C18H22N4. The fraction of sp³-hybridized carbons (Fsp3) is 0.444.